The summed E-state index contributed by atoms with van der Waals surface area (Å²) in [7, 11) is -3.27. The van der Waals surface area contributed by atoms with E-state index in [0.717, 1.165) is 11.8 Å². The van der Waals surface area contributed by atoms with E-state index in [0.29, 0.717) is 3.70 Å². The molecule has 0 fully saturated rings. The molecular formula is C6H7IN2O2S. The van der Waals surface area contributed by atoms with Gasteiger partial charge in [0, 0.05) is 12.5 Å². The lowest BCUT2D eigenvalue weighted by Crippen LogP contribution is -2.05. The summed E-state index contributed by atoms with van der Waals surface area (Å²) in [6.07, 6.45) is 2.60. The Kier molecular flexibility index (Phi) is 2.67. The van der Waals surface area contributed by atoms with E-state index in [1.54, 1.807) is 0 Å². The second-order valence-electron chi connectivity index (χ2n) is 2.40. The number of hydrogen-bond donors (Lipinski definition) is 0. The standard InChI is InChI=1S/C6H7IN2O2S/c1-4-3-8-6(9-5(4)7)12(2,10)11/h3H,1-2H3. The van der Waals surface area contributed by atoms with E-state index in [1.165, 1.54) is 6.20 Å². The molecule has 0 N–H and O–H groups in total. The first-order valence-electron chi connectivity index (χ1n) is 3.10. The number of aryl methyl sites for hydroxylation is 1. The topological polar surface area (TPSA) is 59.9 Å². The molecule has 1 heterocycles. The van der Waals surface area contributed by atoms with Crippen molar-refractivity contribution in [3.63, 3.8) is 0 Å². The highest BCUT2D eigenvalue weighted by Gasteiger charge is 2.11. The predicted octanol–water partition coefficient (Wildman–Crippen LogP) is 0.793. The molecule has 6 heteroatoms. The van der Waals surface area contributed by atoms with E-state index in [9.17, 15) is 8.42 Å². The minimum Gasteiger partial charge on any atom is -0.226 e. The van der Waals surface area contributed by atoms with E-state index in [-0.39, 0.29) is 5.16 Å². The molecule has 4 nitrogen and oxygen atoms in total. The van der Waals surface area contributed by atoms with Gasteiger partial charge in [-0.3, -0.25) is 0 Å². The van der Waals surface area contributed by atoms with Gasteiger partial charge in [0.1, 0.15) is 3.70 Å². The molecule has 1 aromatic heterocycles. The fourth-order valence-electron chi connectivity index (χ4n) is 0.585. The van der Waals surface area contributed by atoms with Crippen LogP contribution in [0.2, 0.25) is 0 Å². The van der Waals surface area contributed by atoms with Crippen LogP contribution in [0.5, 0.6) is 0 Å². The number of rotatable bonds is 1. The number of nitrogens with zero attached hydrogens (tertiary/aromatic N) is 2. The van der Waals surface area contributed by atoms with Crippen LogP contribution in [0.15, 0.2) is 11.4 Å². The molecular weight excluding hydrogens is 291 g/mol. The van der Waals surface area contributed by atoms with Crippen molar-refractivity contribution in [2.45, 2.75) is 12.1 Å². The average Bonchev–Trinajstić information content (AvgIpc) is 1.92. The second-order valence-corrected chi connectivity index (χ2v) is 5.33. The van der Waals surface area contributed by atoms with Gasteiger partial charge in [0.25, 0.3) is 0 Å². The molecule has 0 bridgehead atoms. The Balaban J connectivity index is 3.33. The van der Waals surface area contributed by atoms with Gasteiger partial charge < -0.3 is 0 Å². The van der Waals surface area contributed by atoms with Crippen LogP contribution in [0.4, 0.5) is 0 Å². The molecule has 0 unspecified atom stereocenters. The largest absolute Gasteiger partial charge is 0.247 e. The first-order valence-corrected chi connectivity index (χ1v) is 6.07. The highest BCUT2D eigenvalue weighted by molar-refractivity contribution is 14.1. The van der Waals surface area contributed by atoms with Gasteiger partial charge in [-0.15, -0.1) is 0 Å². The zero-order valence-electron chi connectivity index (χ0n) is 6.57. The number of aromatic nitrogens is 2. The van der Waals surface area contributed by atoms with Crippen LogP contribution in [0.1, 0.15) is 5.56 Å². The molecule has 0 aliphatic carbocycles. The lowest BCUT2D eigenvalue weighted by Gasteiger charge is -1.98. The van der Waals surface area contributed by atoms with Crippen LogP contribution in [-0.2, 0) is 9.84 Å². The third-order valence-electron chi connectivity index (χ3n) is 1.22. The maximum atomic E-state index is 11.0. The van der Waals surface area contributed by atoms with Gasteiger partial charge in [0.05, 0.1) is 0 Å². The van der Waals surface area contributed by atoms with Gasteiger partial charge in [0.15, 0.2) is 0 Å². The second kappa shape index (κ2) is 3.25. The van der Waals surface area contributed by atoms with Crippen molar-refractivity contribution in [2.24, 2.45) is 0 Å². The van der Waals surface area contributed by atoms with Gasteiger partial charge in [-0.25, -0.2) is 18.4 Å². The average molecular weight is 298 g/mol. The molecule has 66 valence electrons. The lowest BCUT2D eigenvalue weighted by atomic mass is 10.4. The Morgan fingerprint density at radius 2 is 2.08 bits per heavy atom. The van der Waals surface area contributed by atoms with Crippen molar-refractivity contribution < 1.29 is 8.42 Å². The van der Waals surface area contributed by atoms with Gasteiger partial charge in [-0.1, -0.05) is 0 Å². The van der Waals surface area contributed by atoms with E-state index in [2.05, 4.69) is 9.97 Å². The fourth-order valence-corrected chi connectivity index (χ4v) is 1.62. The number of halogens is 1. The minimum atomic E-state index is -3.27. The Morgan fingerprint density at radius 3 is 2.50 bits per heavy atom. The first-order chi connectivity index (χ1) is 5.41. The smallest absolute Gasteiger partial charge is 0.226 e. The molecule has 0 amide bonds. The van der Waals surface area contributed by atoms with Gasteiger partial charge >= 0.3 is 0 Å². The molecule has 0 aromatic carbocycles. The van der Waals surface area contributed by atoms with Gasteiger partial charge in [-0.05, 0) is 35.1 Å². The van der Waals surface area contributed by atoms with E-state index >= 15 is 0 Å². The lowest BCUT2D eigenvalue weighted by molar-refractivity contribution is 0.592. The van der Waals surface area contributed by atoms with Crippen molar-refractivity contribution in [3.8, 4) is 0 Å². The number of sulfone groups is 1. The molecule has 0 spiro atoms. The highest BCUT2D eigenvalue weighted by atomic mass is 127. The monoisotopic (exact) mass is 298 g/mol. The minimum absolute atomic E-state index is 0.113. The van der Waals surface area contributed by atoms with Crippen molar-refractivity contribution >= 4 is 32.4 Å². The maximum Gasteiger partial charge on any atom is 0.247 e. The summed E-state index contributed by atoms with van der Waals surface area (Å²) in [5.74, 6) is 0. The summed E-state index contributed by atoms with van der Waals surface area (Å²) in [4.78, 5) is 7.54. The molecule has 0 saturated heterocycles. The van der Waals surface area contributed by atoms with Crippen LogP contribution in [0, 0.1) is 10.6 Å². The van der Waals surface area contributed by atoms with Crippen LogP contribution in [-0.4, -0.2) is 24.6 Å². The summed E-state index contributed by atoms with van der Waals surface area (Å²) in [5.41, 5.74) is 0.878. The van der Waals surface area contributed by atoms with Crippen molar-refractivity contribution in [1.29, 1.82) is 0 Å². The third kappa shape index (κ3) is 2.13. The van der Waals surface area contributed by atoms with Gasteiger partial charge in [0.2, 0.25) is 15.0 Å². The van der Waals surface area contributed by atoms with Crippen molar-refractivity contribution in [3.05, 3.63) is 15.5 Å². The SMILES string of the molecule is Cc1cnc(S(C)(=O)=O)nc1I. The Hall–Kier alpha value is -0.240. The normalized spacial score (nSPS) is 11.6. The molecule has 0 radical (unpaired) electrons. The molecule has 0 atom stereocenters. The predicted molar refractivity (Wildman–Crippen MR) is 52.6 cm³/mol. The molecule has 0 aliphatic heterocycles. The van der Waals surface area contributed by atoms with Gasteiger partial charge in [-0.2, -0.15) is 0 Å². The van der Waals surface area contributed by atoms with E-state index in [1.807, 2.05) is 29.5 Å². The molecule has 12 heavy (non-hydrogen) atoms. The Labute approximate surface area is 84.5 Å². The van der Waals surface area contributed by atoms with Crippen molar-refractivity contribution in [1.82, 2.24) is 9.97 Å². The van der Waals surface area contributed by atoms with Crippen LogP contribution in [0.25, 0.3) is 0 Å². The highest BCUT2D eigenvalue weighted by Crippen LogP contribution is 2.09. The molecule has 0 saturated carbocycles. The fraction of sp³-hybridized carbons (Fsp3) is 0.333. The van der Waals surface area contributed by atoms with Crippen LogP contribution >= 0.6 is 22.6 Å². The zero-order valence-corrected chi connectivity index (χ0v) is 9.55. The quantitative estimate of drug-likeness (QED) is 0.437. The van der Waals surface area contributed by atoms with Crippen LogP contribution in [0.3, 0.4) is 0 Å². The van der Waals surface area contributed by atoms with Crippen LogP contribution < -0.4 is 0 Å². The third-order valence-corrected chi connectivity index (χ3v) is 3.17. The zero-order chi connectivity index (χ0) is 9.35. The number of hydrogen-bond acceptors (Lipinski definition) is 4. The summed E-state index contributed by atoms with van der Waals surface area (Å²) in [6.45, 7) is 1.83. The molecule has 0 aliphatic rings. The first kappa shape index (κ1) is 9.85. The summed E-state index contributed by atoms with van der Waals surface area (Å²) in [6, 6.07) is 0. The van der Waals surface area contributed by atoms with E-state index in [4.69, 9.17) is 0 Å². The summed E-state index contributed by atoms with van der Waals surface area (Å²) < 4.78 is 22.6. The molecule has 1 aromatic rings. The van der Waals surface area contributed by atoms with E-state index < -0.39 is 9.84 Å². The molecule has 1 rings (SSSR count). The Morgan fingerprint density at radius 1 is 1.50 bits per heavy atom. The van der Waals surface area contributed by atoms with Crippen molar-refractivity contribution in [2.75, 3.05) is 6.26 Å². The summed E-state index contributed by atoms with van der Waals surface area (Å²) >= 11 is 1.97. The summed E-state index contributed by atoms with van der Waals surface area (Å²) in [5, 5.41) is -0.113. The Bertz CT molecular complexity index is 402. The maximum absolute atomic E-state index is 11.0.